The molecule has 0 aliphatic carbocycles. The van der Waals surface area contributed by atoms with Crippen LogP contribution in [0.1, 0.15) is 28.5 Å². The molecule has 0 spiro atoms. The highest BCUT2D eigenvalue weighted by atomic mass is 32.1. The maximum absolute atomic E-state index is 12.3. The number of carbonyl (C=O) groups is 1. The van der Waals surface area contributed by atoms with E-state index in [0.717, 1.165) is 22.8 Å². The Balaban J connectivity index is 2.23. The zero-order chi connectivity index (χ0) is 13.8. The predicted octanol–water partition coefficient (Wildman–Crippen LogP) is 3.31. The van der Waals surface area contributed by atoms with Gasteiger partial charge in [-0.05, 0) is 42.6 Å². The van der Waals surface area contributed by atoms with Crippen molar-refractivity contribution in [2.75, 3.05) is 17.7 Å². The second-order valence-electron chi connectivity index (χ2n) is 4.23. The van der Waals surface area contributed by atoms with E-state index in [1.807, 2.05) is 31.2 Å². The van der Waals surface area contributed by atoms with Gasteiger partial charge in [-0.2, -0.15) is 4.37 Å². The van der Waals surface area contributed by atoms with E-state index in [1.54, 1.807) is 7.05 Å². The van der Waals surface area contributed by atoms with Gasteiger partial charge in [0.1, 0.15) is 5.00 Å². The molecule has 0 saturated heterocycles. The van der Waals surface area contributed by atoms with Crippen molar-refractivity contribution >= 4 is 28.1 Å². The molecule has 100 valence electrons. The van der Waals surface area contributed by atoms with Crippen LogP contribution in [0.5, 0.6) is 0 Å². The summed E-state index contributed by atoms with van der Waals surface area (Å²) in [6, 6.07) is 7.88. The molecular weight excluding hydrogens is 258 g/mol. The Morgan fingerprint density at radius 3 is 2.89 bits per heavy atom. The van der Waals surface area contributed by atoms with Crippen LogP contribution in [0.3, 0.4) is 0 Å². The lowest BCUT2D eigenvalue weighted by Gasteiger charge is -2.07. The number of anilines is 2. The highest BCUT2D eigenvalue weighted by Crippen LogP contribution is 2.25. The van der Waals surface area contributed by atoms with E-state index in [1.165, 1.54) is 17.1 Å². The van der Waals surface area contributed by atoms with Crippen molar-refractivity contribution in [1.29, 1.82) is 0 Å². The van der Waals surface area contributed by atoms with E-state index in [9.17, 15) is 4.79 Å². The Labute approximate surface area is 117 Å². The first-order valence-corrected chi connectivity index (χ1v) is 6.97. The van der Waals surface area contributed by atoms with Crippen LogP contribution in [0.25, 0.3) is 0 Å². The summed E-state index contributed by atoms with van der Waals surface area (Å²) < 4.78 is 4.20. The minimum absolute atomic E-state index is 0.121. The molecule has 4 nitrogen and oxygen atoms in total. The van der Waals surface area contributed by atoms with Gasteiger partial charge in [0.25, 0.3) is 5.91 Å². The molecule has 2 N–H and O–H groups in total. The second-order valence-corrected chi connectivity index (χ2v) is 5.00. The summed E-state index contributed by atoms with van der Waals surface area (Å²) in [7, 11) is 1.79. The van der Waals surface area contributed by atoms with Crippen molar-refractivity contribution in [3.8, 4) is 0 Å². The highest BCUT2D eigenvalue weighted by Gasteiger charge is 2.17. The minimum atomic E-state index is -0.121. The zero-order valence-electron chi connectivity index (χ0n) is 11.3. The minimum Gasteiger partial charge on any atom is -0.378 e. The number of hydrogen-bond donors (Lipinski definition) is 2. The summed E-state index contributed by atoms with van der Waals surface area (Å²) in [5.41, 5.74) is 3.39. The summed E-state index contributed by atoms with van der Waals surface area (Å²) in [6.45, 7) is 3.93. The maximum atomic E-state index is 12.3. The molecule has 0 bridgehead atoms. The third-order valence-electron chi connectivity index (χ3n) is 2.91. The van der Waals surface area contributed by atoms with Gasteiger partial charge in [0.2, 0.25) is 0 Å². The van der Waals surface area contributed by atoms with Crippen LogP contribution >= 0.6 is 11.5 Å². The summed E-state index contributed by atoms with van der Waals surface area (Å²) in [4.78, 5) is 12.3. The quantitative estimate of drug-likeness (QED) is 0.900. The van der Waals surface area contributed by atoms with Gasteiger partial charge >= 0.3 is 0 Å². The predicted molar refractivity (Wildman–Crippen MR) is 80.2 cm³/mol. The molecule has 0 unspecified atom stereocenters. The number of aromatic nitrogens is 1. The van der Waals surface area contributed by atoms with Gasteiger partial charge in [0, 0.05) is 12.7 Å². The number of aryl methyl sites for hydroxylation is 2. The summed E-state index contributed by atoms with van der Waals surface area (Å²) in [5.74, 6) is -0.121. The van der Waals surface area contributed by atoms with Gasteiger partial charge in [-0.1, -0.05) is 19.1 Å². The molecule has 0 radical (unpaired) electrons. The molecule has 0 atom stereocenters. The average Bonchev–Trinajstić information content (AvgIpc) is 2.80. The maximum Gasteiger partial charge on any atom is 0.260 e. The lowest BCUT2D eigenvalue weighted by molar-refractivity contribution is 0.102. The van der Waals surface area contributed by atoms with E-state index in [4.69, 9.17) is 0 Å². The number of amides is 1. The molecule has 19 heavy (non-hydrogen) atoms. The normalized spacial score (nSPS) is 10.3. The lowest BCUT2D eigenvalue weighted by Crippen LogP contribution is -2.14. The van der Waals surface area contributed by atoms with E-state index in [-0.39, 0.29) is 5.91 Å². The van der Waals surface area contributed by atoms with Gasteiger partial charge < -0.3 is 10.6 Å². The molecule has 1 amide bonds. The molecular formula is C14H17N3OS. The Hall–Kier alpha value is -1.88. The molecule has 1 aromatic carbocycles. The molecule has 5 heteroatoms. The molecule has 2 rings (SSSR count). The SMILES string of the molecule is CCc1cccc(NC(=O)c2c(C)nsc2NC)c1. The molecule has 0 fully saturated rings. The van der Waals surface area contributed by atoms with Crippen molar-refractivity contribution in [3.63, 3.8) is 0 Å². The second kappa shape index (κ2) is 5.84. The summed E-state index contributed by atoms with van der Waals surface area (Å²) in [6.07, 6.45) is 0.949. The summed E-state index contributed by atoms with van der Waals surface area (Å²) >= 11 is 1.30. The highest BCUT2D eigenvalue weighted by molar-refractivity contribution is 7.10. The van der Waals surface area contributed by atoms with Crippen LogP contribution < -0.4 is 10.6 Å². The van der Waals surface area contributed by atoms with Crippen LogP contribution in [0.15, 0.2) is 24.3 Å². The van der Waals surface area contributed by atoms with Crippen LogP contribution in [0, 0.1) is 6.92 Å². The number of rotatable bonds is 4. The van der Waals surface area contributed by atoms with Crippen LogP contribution in [-0.2, 0) is 6.42 Å². The van der Waals surface area contributed by atoms with Crippen molar-refractivity contribution in [2.45, 2.75) is 20.3 Å². The number of nitrogens with one attached hydrogen (secondary N) is 2. The fraction of sp³-hybridized carbons (Fsp3) is 0.286. The summed E-state index contributed by atoms with van der Waals surface area (Å²) in [5, 5.41) is 6.72. The van der Waals surface area contributed by atoms with Gasteiger partial charge in [-0.15, -0.1) is 0 Å². The Bertz CT molecular complexity index is 592. The average molecular weight is 275 g/mol. The Morgan fingerprint density at radius 1 is 1.42 bits per heavy atom. The smallest absolute Gasteiger partial charge is 0.260 e. The first kappa shape index (κ1) is 13.5. The zero-order valence-corrected chi connectivity index (χ0v) is 12.1. The Morgan fingerprint density at radius 2 is 2.21 bits per heavy atom. The number of benzene rings is 1. The van der Waals surface area contributed by atoms with Crippen LogP contribution in [0.4, 0.5) is 10.7 Å². The molecule has 2 aromatic rings. The Kier molecular flexibility index (Phi) is 4.16. The van der Waals surface area contributed by atoms with Crippen LogP contribution in [0.2, 0.25) is 0 Å². The van der Waals surface area contributed by atoms with Gasteiger partial charge in [0.15, 0.2) is 0 Å². The molecule has 0 aliphatic heterocycles. The fourth-order valence-corrected chi connectivity index (χ4v) is 2.61. The van der Waals surface area contributed by atoms with E-state index < -0.39 is 0 Å². The monoisotopic (exact) mass is 275 g/mol. The van der Waals surface area contributed by atoms with Crippen molar-refractivity contribution in [2.24, 2.45) is 0 Å². The third kappa shape index (κ3) is 2.93. The fourth-order valence-electron chi connectivity index (χ4n) is 1.87. The van der Waals surface area contributed by atoms with Crippen molar-refractivity contribution in [3.05, 3.63) is 41.1 Å². The number of hydrogen-bond acceptors (Lipinski definition) is 4. The first-order valence-electron chi connectivity index (χ1n) is 6.20. The van der Waals surface area contributed by atoms with Gasteiger partial charge in [-0.25, -0.2) is 0 Å². The van der Waals surface area contributed by atoms with E-state index in [0.29, 0.717) is 5.56 Å². The van der Waals surface area contributed by atoms with E-state index in [2.05, 4.69) is 21.9 Å². The standard InChI is InChI=1S/C14H17N3OS/c1-4-10-6-5-7-11(8-10)16-13(18)12-9(2)17-19-14(12)15-3/h5-8,15H,4H2,1-3H3,(H,16,18). The van der Waals surface area contributed by atoms with E-state index >= 15 is 0 Å². The first-order chi connectivity index (χ1) is 9.15. The third-order valence-corrected chi connectivity index (χ3v) is 3.87. The van der Waals surface area contributed by atoms with Crippen LogP contribution in [-0.4, -0.2) is 17.3 Å². The molecule has 0 saturated carbocycles. The van der Waals surface area contributed by atoms with Crippen molar-refractivity contribution in [1.82, 2.24) is 4.37 Å². The lowest BCUT2D eigenvalue weighted by atomic mass is 10.1. The van der Waals surface area contributed by atoms with Gasteiger partial charge in [0.05, 0.1) is 11.3 Å². The molecule has 1 aromatic heterocycles. The largest absolute Gasteiger partial charge is 0.378 e. The molecule has 1 heterocycles. The topological polar surface area (TPSA) is 54.0 Å². The van der Waals surface area contributed by atoms with Gasteiger partial charge in [-0.3, -0.25) is 4.79 Å². The molecule has 0 aliphatic rings. The van der Waals surface area contributed by atoms with Crippen molar-refractivity contribution < 1.29 is 4.79 Å². The number of nitrogens with zero attached hydrogens (tertiary/aromatic N) is 1. The number of carbonyl (C=O) groups excluding carboxylic acids is 1.